The molecule has 0 atom stereocenters. The summed E-state index contributed by atoms with van der Waals surface area (Å²) in [5.74, 6) is -0.915. The first-order chi connectivity index (χ1) is 14.5. The van der Waals surface area contributed by atoms with Crippen LogP contribution in [0.25, 0.3) is 0 Å². The van der Waals surface area contributed by atoms with Crippen molar-refractivity contribution in [3.05, 3.63) is 23.8 Å². The van der Waals surface area contributed by atoms with Crippen molar-refractivity contribution in [2.45, 2.75) is 39.0 Å². The average Bonchev–Trinajstić information content (AvgIpc) is 3.28. The monoisotopic (exact) mass is 416 g/mol. The van der Waals surface area contributed by atoms with Gasteiger partial charge in [-0.25, -0.2) is 4.79 Å². The van der Waals surface area contributed by atoms with Gasteiger partial charge >= 0.3 is 5.97 Å². The molecule has 2 amide bonds. The number of aromatic carboxylic acids is 1. The number of hydrogen-bond donors (Lipinski definition) is 2. The van der Waals surface area contributed by atoms with Gasteiger partial charge in [-0.2, -0.15) is 0 Å². The minimum atomic E-state index is -1.02. The highest BCUT2D eigenvalue weighted by molar-refractivity contribution is 5.97. The number of hydrogen-bond acceptors (Lipinski definition) is 5. The lowest BCUT2D eigenvalue weighted by molar-refractivity contribution is -0.131. The molecule has 1 aromatic carbocycles. The summed E-state index contributed by atoms with van der Waals surface area (Å²) in [5, 5.41) is 12.2. The summed E-state index contributed by atoms with van der Waals surface area (Å²) in [6.45, 7) is 7.16. The molecule has 0 radical (unpaired) electrons. The van der Waals surface area contributed by atoms with Crippen molar-refractivity contribution in [3.8, 4) is 0 Å². The molecule has 8 nitrogen and oxygen atoms in total. The molecular formula is C22H32N4O4. The van der Waals surface area contributed by atoms with Gasteiger partial charge in [0.1, 0.15) is 0 Å². The van der Waals surface area contributed by atoms with E-state index in [-0.39, 0.29) is 17.4 Å². The van der Waals surface area contributed by atoms with Gasteiger partial charge in [-0.15, -0.1) is 0 Å². The molecule has 2 fully saturated rings. The van der Waals surface area contributed by atoms with Gasteiger partial charge in [0.25, 0.3) is 0 Å². The Balaban J connectivity index is 1.64. The van der Waals surface area contributed by atoms with E-state index in [9.17, 15) is 19.5 Å². The number of nitrogens with zero attached hydrogens (tertiary/aromatic N) is 3. The van der Waals surface area contributed by atoms with Gasteiger partial charge in [-0.1, -0.05) is 13.3 Å². The largest absolute Gasteiger partial charge is 0.478 e. The third kappa shape index (κ3) is 5.72. The van der Waals surface area contributed by atoms with Crippen LogP contribution < -0.4 is 10.2 Å². The fraction of sp³-hybridized carbons (Fsp3) is 0.591. The van der Waals surface area contributed by atoms with E-state index in [4.69, 9.17) is 0 Å². The third-order valence-corrected chi connectivity index (χ3v) is 5.81. The van der Waals surface area contributed by atoms with Gasteiger partial charge < -0.3 is 20.2 Å². The van der Waals surface area contributed by atoms with Crippen molar-refractivity contribution in [2.75, 3.05) is 56.0 Å². The molecule has 0 bridgehead atoms. The molecule has 30 heavy (non-hydrogen) atoms. The standard InChI is InChI=1S/C22H32N4O4/c1-2-3-6-20(27)23-18-15-17(22(29)30)7-8-19(18)25-13-11-24(12-14-25)16-21(28)26-9-4-5-10-26/h7-8,15H,2-6,9-14,16H2,1H3,(H,23,27)(H,29,30). The molecule has 2 heterocycles. The van der Waals surface area contributed by atoms with Gasteiger partial charge in [0, 0.05) is 45.7 Å². The molecule has 2 aliphatic rings. The Morgan fingerprint density at radius 2 is 1.73 bits per heavy atom. The number of anilines is 2. The first-order valence-electron chi connectivity index (χ1n) is 10.9. The normalized spacial score (nSPS) is 17.2. The molecule has 0 aromatic heterocycles. The van der Waals surface area contributed by atoms with Crippen LogP contribution in [0.4, 0.5) is 11.4 Å². The molecular weight excluding hydrogens is 384 g/mol. The highest BCUT2D eigenvalue weighted by Crippen LogP contribution is 2.29. The second-order valence-electron chi connectivity index (χ2n) is 8.04. The zero-order valence-corrected chi connectivity index (χ0v) is 17.7. The Bertz CT molecular complexity index is 768. The van der Waals surface area contributed by atoms with E-state index >= 15 is 0 Å². The summed E-state index contributed by atoms with van der Waals surface area (Å²) < 4.78 is 0. The molecule has 1 aromatic rings. The van der Waals surface area contributed by atoms with Crippen molar-refractivity contribution >= 4 is 29.2 Å². The van der Waals surface area contributed by atoms with Crippen LogP contribution in [0, 0.1) is 0 Å². The topological polar surface area (TPSA) is 93.2 Å². The summed E-state index contributed by atoms with van der Waals surface area (Å²) in [6, 6.07) is 4.87. The molecule has 0 aliphatic carbocycles. The summed E-state index contributed by atoms with van der Waals surface area (Å²) in [6.07, 6.45) is 4.33. The Morgan fingerprint density at radius 1 is 1.03 bits per heavy atom. The predicted octanol–water partition coefficient (Wildman–Crippen LogP) is 2.26. The van der Waals surface area contributed by atoms with Crippen molar-refractivity contribution < 1.29 is 19.5 Å². The van der Waals surface area contributed by atoms with Crippen LogP contribution in [-0.2, 0) is 9.59 Å². The summed E-state index contributed by atoms with van der Waals surface area (Å²) in [7, 11) is 0. The molecule has 2 saturated heterocycles. The second kappa shape index (κ2) is 10.4. The third-order valence-electron chi connectivity index (χ3n) is 5.81. The number of amides is 2. The number of carboxylic acid groups (broad SMARTS) is 1. The zero-order chi connectivity index (χ0) is 21.5. The molecule has 0 saturated carbocycles. The fourth-order valence-corrected chi connectivity index (χ4v) is 4.00. The number of piperazine rings is 1. The van der Waals surface area contributed by atoms with Crippen molar-refractivity contribution in [3.63, 3.8) is 0 Å². The van der Waals surface area contributed by atoms with E-state index in [0.29, 0.717) is 18.7 Å². The van der Waals surface area contributed by atoms with Crippen LogP contribution in [0.3, 0.4) is 0 Å². The van der Waals surface area contributed by atoms with E-state index in [0.717, 1.165) is 70.6 Å². The number of carbonyl (C=O) groups excluding carboxylic acids is 2. The van der Waals surface area contributed by atoms with E-state index in [1.165, 1.54) is 6.07 Å². The molecule has 0 spiro atoms. The molecule has 2 aliphatic heterocycles. The molecule has 3 rings (SSSR count). The Hall–Kier alpha value is -2.61. The molecule has 164 valence electrons. The van der Waals surface area contributed by atoms with Crippen molar-refractivity contribution in [1.29, 1.82) is 0 Å². The zero-order valence-electron chi connectivity index (χ0n) is 17.7. The Labute approximate surface area is 177 Å². The maximum Gasteiger partial charge on any atom is 0.335 e. The number of rotatable bonds is 8. The summed E-state index contributed by atoms with van der Waals surface area (Å²) in [5.41, 5.74) is 1.52. The quantitative estimate of drug-likeness (QED) is 0.675. The van der Waals surface area contributed by atoms with Gasteiger partial charge in [-0.3, -0.25) is 14.5 Å². The van der Waals surface area contributed by atoms with Crippen LogP contribution in [0.1, 0.15) is 49.4 Å². The predicted molar refractivity (Wildman–Crippen MR) is 116 cm³/mol. The highest BCUT2D eigenvalue weighted by Gasteiger charge is 2.25. The lowest BCUT2D eigenvalue weighted by Gasteiger charge is -2.37. The van der Waals surface area contributed by atoms with Crippen LogP contribution in [0.5, 0.6) is 0 Å². The fourth-order valence-electron chi connectivity index (χ4n) is 4.00. The van der Waals surface area contributed by atoms with Gasteiger partial charge in [0.05, 0.1) is 23.5 Å². The van der Waals surface area contributed by atoms with Crippen LogP contribution in [0.2, 0.25) is 0 Å². The van der Waals surface area contributed by atoms with Crippen LogP contribution in [0.15, 0.2) is 18.2 Å². The maximum absolute atomic E-state index is 12.4. The van der Waals surface area contributed by atoms with Gasteiger partial charge in [-0.05, 0) is 37.5 Å². The van der Waals surface area contributed by atoms with Gasteiger partial charge in [0.15, 0.2) is 0 Å². The minimum Gasteiger partial charge on any atom is -0.478 e. The number of carboxylic acids is 1. The smallest absolute Gasteiger partial charge is 0.335 e. The summed E-state index contributed by atoms with van der Waals surface area (Å²) in [4.78, 5) is 42.3. The van der Waals surface area contributed by atoms with E-state index in [1.54, 1.807) is 12.1 Å². The van der Waals surface area contributed by atoms with E-state index < -0.39 is 5.97 Å². The number of carbonyl (C=O) groups is 3. The average molecular weight is 417 g/mol. The van der Waals surface area contributed by atoms with Crippen molar-refractivity contribution in [2.24, 2.45) is 0 Å². The minimum absolute atomic E-state index is 0.101. The Morgan fingerprint density at radius 3 is 2.37 bits per heavy atom. The molecule has 2 N–H and O–H groups in total. The second-order valence-corrected chi connectivity index (χ2v) is 8.04. The SMILES string of the molecule is CCCCC(=O)Nc1cc(C(=O)O)ccc1N1CCN(CC(=O)N2CCCC2)CC1. The van der Waals surface area contributed by atoms with Gasteiger partial charge in [0.2, 0.25) is 11.8 Å². The molecule has 8 heteroatoms. The number of benzene rings is 1. The lowest BCUT2D eigenvalue weighted by atomic mass is 10.1. The first kappa shape index (κ1) is 22.1. The Kier molecular flexibility index (Phi) is 7.68. The molecule has 0 unspecified atom stereocenters. The lowest BCUT2D eigenvalue weighted by Crippen LogP contribution is -2.50. The van der Waals surface area contributed by atoms with Crippen LogP contribution >= 0.6 is 0 Å². The van der Waals surface area contributed by atoms with Crippen molar-refractivity contribution in [1.82, 2.24) is 9.80 Å². The summed E-state index contributed by atoms with van der Waals surface area (Å²) >= 11 is 0. The number of likely N-dealkylation sites (tertiary alicyclic amines) is 1. The first-order valence-corrected chi connectivity index (χ1v) is 10.9. The highest BCUT2D eigenvalue weighted by atomic mass is 16.4. The number of nitrogens with one attached hydrogen (secondary N) is 1. The van der Waals surface area contributed by atoms with E-state index in [2.05, 4.69) is 15.1 Å². The van der Waals surface area contributed by atoms with Crippen LogP contribution in [-0.4, -0.2) is 78.5 Å². The number of unbranched alkanes of at least 4 members (excludes halogenated alkanes) is 1. The maximum atomic E-state index is 12.4. The van der Waals surface area contributed by atoms with E-state index in [1.807, 2.05) is 11.8 Å².